The minimum Gasteiger partial charge on any atom is -0.138 e. The Morgan fingerprint density at radius 1 is 1.29 bits per heavy atom. The first-order valence-electron chi connectivity index (χ1n) is 6.21. The molecule has 1 aromatic carbocycles. The Balaban J connectivity index is 2.16. The molecule has 0 fully saturated rings. The number of halogens is 1. The first-order valence-corrected chi connectivity index (χ1v) is 7.46. The number of hydrogen-bond donors (Lipinski definition) is 0. The number of benzene rings is 1. The van der Waals surface area contributed by atoms with Crippen molar-refractivity contribution in [3.05, 3.63) is 34.7 Å². The first kappa shape index (κ1) is 11.6. The van der Waals surface area contributed by atoms with Crippen LogP contribution in [0.2, 0.25) is 0 Å². The van der Waals surface area contributed by atoms with E-state index < -0.39 is 0 Å². The zero-order chi connectivity index (χ0) is 12.0. The summed E-state index contributed by atoms with van der Waals surface area (Å²) in [6.45, 7) is 4.67. The highest BCUT2D eigenvalue weighted by Gasteiger charge is 2.30. The number of aryl methyl sites for hydroxylation is 1. The van der Waals surface area contributed by atoms with Crippen LogP contribution in [-0.2, 0) is 6.42 Å². The fraction of sp³-hybridized carbons (Fsp3) is 0.467. The standard InChI is InChI=1S/C15H17ClS/c1-15(2)8-7-11-10-5-3-4-6-13(10)17-14(11)12(16)9-15/h3-6,12H,7-9H2,1-2H3. The molecule has 1 heterocycles. The van der Waals surface area contributed by atoms with Gasteiger partial charge in [0.05, 0.1) is 5.38 Å². The highest BCUT2D eigenvalue weighted by molar-refractivity contribution is 7.19. The molecule has 0 bridgehead atoms. The third-order valence-electron chi connectivity index (χ3n) is 3.80. The van der Waals surface area contributed by atoms with Gasteiger partial charge in [0.1, 0.15) is 0 Å². The quantitative estimate of drug-likeness (QED) is 0.433. The number of alkyl halides is 1. The van der Waals surface area contributed by atoms with Gasteiger partial charge in [-0.2, -0.15) is 0 Å². The van der Waals surface area contributed by atoms with Gasteiger partial charge in [-0.15, -0.1) is 22.9 Å². The molecule has 0 spiro atoms. The predicted octanol–water partition coefficient (Wildman–Crippen LogP) is 5.54. The SMILES string of the molecule is CC1(C)CCc2c(sc3ccccc23)C(Cl)C1. The first-order chi connectivity index (χ1) is 8.07. The minimum absolute atomic E-state index is 0.194. The van der Waals surface area contributed by atoms with Crippen molar-refractivity contribution in [2.45, 2.75) is 38.5 Å². The van der Waals surface area contributed by atoms with Crippen molar-refractivity contribution in [3.8, 4) is 0 Å². The van der Waals surface area contributed by atoms with Gasteiger partial charge in [-0.05, 0) is 41.7 Å². The van der Waals surface area contributed by atoms with Crippen molar-refractivity contribution in [3.63, 3.8) is 0 Å². The molecule has 0 saturated heterocycles. The molecular formula is C15H17ClS. The van der Waals surface area contributed by atoms with Crippen LogP contribution in [-0.4, -0.2) is 0 Å². The van der Waals surface area contributed by atoms with Gasteiger partial charge in [-0.25, -0.2) is 0 Å². The second-order valence-electron chi connectivity index (χ2n) is 5.78. The third kappa shape index (κ3) is 2.00. The van der Waals surface area contributed by atoms with Crippen LogP contribution in [0.5, 0.6) is 0 Å². The van der Waals surface area contributed by atoms with Crippen LogP contribution in [0.3, 0.4) is 0 Å². The molecule has 0 aliphatic heterocycles. The normalized spacial score (nSPS) is 23.4. The smallest absolute Gasteiger partial charge is 0.0686 e. The van der Waals surface area contributed by atoms with E-state index in [-0.39, 0.29) is 5.38 Å². The Bertz CT molecular complexity index is 553. The molecule has 1 aliphatic carbocycles. The average molecular weight is 265 g/mol. The average Bonchev–Trinajstić information content (AvgIpc) is 2.59. The summed E-state index contributed by atoms with van der Waals surface area (Å²) in [5.41, 5.74) is 1.88. The fourth-order valence-corrected chi connectivity index (χ4v) is 4.69. The lowest BCUT2D eigenvalue weighted by Gasteiger charge is -2.23. The summed E-state index contributed by atoms with van der Waals surface area (Å²) in [6.07, 6.45) is 3.51. The van der Waals surface area contributed by atoms with Crippen LogP contribution >= 0.6 is 22.9 Å². The van der Waals surface area contributed by atoms with Gasteiger partial charge in [0.15, 0.2) is 0 Å². The number of hydrogen-bond acceptors (Lipinski definition) is 1. The van der Waals surface area contributed by atoms with Crippen LogP contribution in [0.15, 0.2) is 24.3 Å². The van der Waals surface area contributed by atoms with Crippen LogP contribution in [0.25, 0.3) is 10.1 Å². The summed E-state index contributed by atoms with van der Waals surface area (Å²) in [4.78, 5) is 1.42. The van der Waals surface area contributed by atoms with Crippen molar-refractivity contribution in [2.24, 2.45) is 5.41 Å². The second-order valence-corrected chi connectivity index (χ2v) is 7.39. The van der Waals surface area contributed by atoms with Crippen LogP contribution in [0, 0.1) is 5.41 Å². The largest absolute Gasteiger partial charge is 0.138 e. The van der Waals surface area contributed by atoms with Crippen LogP contribution in [0.4, 0.5) is 0 Å². The maximum absolute atomic E-state index is 6.62. The van der Waals surface area contributed by atoms with Gasteiger partial charge < -0.3 is 0 Å². The van der Waals surface area contributed by atoms with Crippen LogP contribution in [0.1, 0.15) is 42.5 Å². The van der Waals surface area contributed by atoms with E-state index >= 15 is 0 Å². The molecule has 1 aromatic heterocycles. The Morgan fingerprint density at radius 3 is 2.88 bits per heavy atom. The van der Waals surface area contributed by atoms with Gasteiger partial charge in [0, 0.05) is 9.58 Å². The van der Waals surface area contributed by atoms with Gasteiger partial charge in [-0.3, -0.25) is 0 Å². The van der Waals surface area contributed by atoms with E-state index in [0.29, 0.717) is 5.41 Å². The summed E-state index contributed by atoms with van der Waals surface area (Å²) in [5.74, 6) is 0. The molecular weight excluding hydrogens is 248 g/mol. The summed E-state index contributed by atoms with van der Waals surface area (Å²) < 4.78 is 1.39. The minimum atomic E-state index is 0.194. The molecule has 1 unspecified atom stereocenters. The fourth-order valence-electron chi connectivity index (χ4n) is 2.77. The van der Waals surface area contributed by atoms with E-state index in [2.05, 4.69) is 38.1 Å². The molecule has 2 heteroatoms. The van der Waals surface area contributed by atoms with Crippen molar-refractivity contribution >= 4 is 33.0 Å². The lowest BCUT2D eigenvalue weighted by atomic mass is 9.84. The van der Waals surface area contributed by atoms with Crippen molar-refractivity contribution in [2.75, 3.05) is 0 Å². The van der Waals surface area contributed by atoms with E-state index in [0.717, 1.165) is 6.42 Å². The monoisotopic (exact) mass is 264 g/mol. The number of fused-ring (bicyclic) bond motifs is 3. The number of thiophene rings is 1. The maximum atomic E-state index is 6.62. The molecule has 2 aromatic rings. The molecule has 0 saturated carbocycles. The van der Waals surface area contributed by atoms with Gasteiger partial charge in [0.2, 0.25) is 0 Å². The molecule has 17 heavy (non-hydrogen) atoms. The summed E-state index contributed by atoms with van der Waals surface area (Å²) in [6, 6.07) is 8.70. The van der Waals surface area contributed by atoms with E-state index in [1.54, 1.807) is 0 Å². The van der Waals surface area contributed by atoms with Crippen molar-refractivity contribution in [1.29, 1.82) is 0 Å². The topological polar surface area (TPSA) is 0 Å². The molecule has 0 amide bonds. The lowest BCUT2D eigenvalue weighted by Crippen LogP contribution is -2.11. The van der Waals surface area contributed by atoms with Crippen LogP contribution < -0.4 is 0 Å². The van der Waals surface area contributed by atoms with E-state index in [1.165, 1.54) is 33.4 Å². The Hall–Kier alpha value is -0.530. The lowest BCUT2D eigenvalue weighted by molar-refractivity contribution is 0.314. The van der Waals surface area contributed by atoms with Gasteiger partial charge >= 0.3 is 0 Å². The summed E-state index contributed by atoms with van der Waals surface area (Å²) in [7, 11) is 0. The van der Waals surface area contributed by atoms with Crippen molar-refractivity contribution in [1.82, 2.24) is 0 Å². The summed E-state index contributed by atoms with van der Waals surface area (Å²) >= 11 is 8.51. The predicted molar refractivity (Wildman–Crippen MR) is 77.1 cm³/mol. The zero-order valence-electron chi connectivity index (χ0n) is 10.3. The Kier molecular flexibility index (Phi) is 2.72. The van der Waals surface area contributed by atoms with E-state index in [4.69, 9.17) is 11.6 Å². The molecule has 1 aliphatic rings. The van der Waals surface area contributed by atoms with E-state index in [1.807, 2.05) is 11.3 Å². The van der Waals surface area contributed by atoms with Gasteiger partial charge in [0.25, 0.3) is 0 Å². The Labute approximate surface area is 112 Å². The third-order valence-corrected chi connectivity index (χ3v) is 5.63. The highest BCUT2D eigenvalue weighted by Crippen LogP contribution is 2.47. The van der Waals surface area contributed by atoms with Gasteiger partial charge in [-0.1, -0.05) is 32.0 Å². The molecule has 3 rings (SSSR count). The molecule has 90 valence electrons. The maximum Gasteiger partial charge on any atom is 0.0686 e. The zero-order valence-corrected chi connectivity index (χ0v) is 11.9. The Morgan fingerprint density at radius 2 is 2.06 bits per heavy atom. The number of rotatable bonds is 0. The van der Waals surface area contributed by atoms with Crippen molar-refractivity contribution < 1.29 is 0 Å². The summed E-state index contributed by atoms with van der Waals surface area (Å²) in [5, 5.41) is 1.62. The second kappa shape index (κ2) is 4.00. The highest BCUT2D eigenvalue weighted by atomic mass is 35.5. The van der Waals surface area contributed by atoms with E-state index in [9.17, 15) is 0 Å². The molecule has 0 N–H and O–H groups in total. The molecule has 0 radical (unpaired) electrons. The molecule has 0 nitrogen and oxygen atoms in total. The molecule has 1 atom stereocenters.